The maximum absolute atomic E-state index is 12.1. The molecule has 0 aliphatic rings. The van der Waals surface area contributed by atoms with Crippen LogP contribution in [-0.2, 0) is 0 Å². The van der Waals surface area contributed by atoms with Crippen LogP contribution in [0.15, 0.2) is 60.7 Å². The van der Waals surface area contributed by atoms with Crippen molar-refractivity contribution in [2.24, 2.45) is 0 Å². The van der Waals surface area contributed by atoms with Crippen molar-refractivity contribution < 1.29 is 30.0 Å². The molecule has 2 aromatic rings. The molecule has 6 heteroatoms. The molecule has 0 heterocycles. The summed E-state index contributed by atoms with van der Waals surface area (Å²) >= 11 is 0. The van der Waals surface area contributed by atoms with Crippen molar-refractivity contribution in [2.45, 2.75) is 24.4 Å². The van der Waals surface area contributed by atoms with Crippen LogP contribution in [0.5, 0.6) is 0 Å². The van der Waals surface area contributed by atoms with E-state index in [1.807, 2.05) is 0 Å². The monoisotopic (exact) mass is 330 g/mol. The number of ketones is 2. The fourth-order valence-electron chi connectivity index (χ4n) is 2.23. The van der Waals surface area contributed by atoms with Gasteiger partial charge in [0.2, 0.25) is 0 Å². The van der Waals surface area contributed by atoms with Crippen LogP contribution in [0.3, 0.4) is 0 Å². The van der Waals surface area contributed by atoms with Crippen molar-refractivity contribution >= 4 is 11.6 Å². The summed E-state index contributed by atoms with van der Waals surface area (Å²) in [5, 5.41) is 39.8. The zero-order chi connectivity index (χ0) is 17.7. The molecule has 0 aliphatic heterocycles. The second-order valence-electron chi connectivity index (χ2n) is 5.33. The second-order valence-corrected chi connectivity index (χ2v) is 5.33. The molecule has 0 bridgehead atoms. The standard InChI is InChI=1S/C18H18O6/c19-13(11-7-3-1-4-8-11)15(21)17(23)18(24)16(22)14(20)12-9-5-2-6-10-12/h1-10,15-18,21-24H/t15?,16?,17-,18-/m1/s1. The smallest absolute Gasteiger partial charge is 0.194 e. The lowest BCUT2D eigenvalue weighted by Crippen LogP contribution is -2.50. The van der Waals surface area contributed by atoms with E-state index in [4.69, 9.17) is 0 Å². The van der Waals surface area contributed by atoms with E-state index >= 15 is 0 Å². The van der Waals surface area contributed by atoms with Gasteiger partial charge in [-0.05, 0) is 0 Å². The highest BCUT2D eigenvalue weighted by atomic mass is 16.4. The molecular formula is C18H18O6. The number of hydrogen-bond acceptors (Lipinski definition) is 6. The van der Waals surface area contributed by atoms with Crippen molar-refractivity contribution in [2.75, 3.05) is 0 Å². The average molecular weight is 330 g/mol. The van der Waals surface area contributed by atoms with E-state index in [0.717, 1.165) is 0 Å². The first-order chi connectivity index (χ1) is 11.4. The Labute approximate surface area is 138 Å². The van der Waals surface area contributed by atoms with Crippen molar-refractivity contribution in [3.8, 4) is 0 Å². The first-order valence-corrected chi connectivity index (χ1v) is 7.34. The van der Waals surface area contributed by atoms with Gasteiger partial charge < -0.3 is 20.4 Å². The molecule has 0 fully saturated rings. The highest BCUT2D eigenvalue weighted by molar-refractivity contribution is 6.01. The topological polar surface area (TPSA) is 115 Å². The summed E-state index contributed by atoms with van der Waals surface area (Å²) in [6.07, 6.45) is -7.97. The van der Waals surface area contributed by atoms with Crippen LogP contribution in [0.2, 0.25) is 0 Å². The van der Waals surface area contributed by atoms with Crippen molar-refractivity contribution in [3.63, 3.8) is 0 Å². The predicted molar refractivity (Wildman–Crippen MR) is 85.6 cm³/mol. The fraction of sp³-hybridized carbons (Fsp3) is 0.222. The Bertz CT molecular complexity index is 624. The highest BCUT2D eigenvalue weighted by Crippen LogP contribution is 2.14. The first-order valence-electron chi connectivity index (χ1n) is 7.34. The summed E-state index contributed by atoms with van der Waals surface area (Å²) in [6.45, 7) is 0. The van der Waals surface area contributed by atoms with Gasteiger partial charge >= 0.3 is 0 Å². The van der Waals surface area contributed by atoms with E-state index in [2.05, 4.69) is 0 Å². The quantitative estimate of drug-likeness (QED) is 0.539. The number of hydrogen-bond donors (Lipinski definition) is 4. The van der Waals surface area contributed by atoms with Gasteiger partial charge in [-0.15, -0.1) is 0 Å². The van der Waals surface area contributed by atoms with E-state index in [1.54, 1.807) is 36.4 Å². The van der Waals surface area contributed by atoms with Gasteiger partial charge in [-0.1, -0.05) is 60.7 Å². The lowest BCUT2D eigenvalue weighted by molar-refractivity contribution is -0.0842. The number of aliphatic hydroxyl groups excluding tert-OH is 4. The van der Waals surface area contributed by atoms with Crippen molar-refractivity contribution in [1.82, 2.24) is 0 Å². The number of aliphatic hydroxyl groups is 4. The third-order valence-electron chi connectivity index (χ3n) is 3.65. The summed E-state index contributed by atoms with van der Waals surface area (Å²) < 4.78 is 0. The van der Waals surface area contributed by atoms with Crippen LogP contribution in [-0.4, -0.2) is 56.4 Å². The minimum absolute atomic E-state index is 0.139. The van der Waals surface area contributed by atoms with Crippen LogP contribution < -0.4 is 0 Å². The van der Waals surface area contributed by atoms with E-state index in [1.165, 1.54) is 24.3 Å². The average Bonchev–Trinajstić information content (AvgIpc) is 2.65. The molecule has 0 aliphatic carbocycles. The molecule has 0 saturated heterocycles. The van der Waals surface area contributed by atoms with Crippen LogP contribution in [0.25, 0.3) is 0 Å². The van der Waals surface area contributed by atoms with Crippen molar-refractivity contribution in [3.05, 3.63) is 71.8 Å². The van der Waals surface area contributed by atoms with Gasteiger partial charge in [0, 0.05) is 11.1 Å². The molecule has 2 unspecified atom stereocenters. The van der Waals surface area contributed by atoms with Gasteiger partial charge in [-0.3, -0.25) is 9.59 Å². The van der Waals surface area contributed by atoms with Crippen molar-refractivity contribution in [1.29, 1.82) is 0 Å². The van der Waals surface area contributed by atoms with E-state index in [0.29, 0.717) is 0 Å². The summed E-state index contributed by atoms with van der Waals surface area (Å²) in [5.41, 5.74) is 0.278. The maximum atomic E-state index is 12.1. The van der Waals surface area contributed by atoms with Crippen LogP contribution in [0.1, 0.15) is 20.7 Å². The van der Waals surface area contributed by atoms with Gasteiger partial charge in [0.05, 0.1) is 0 Å². The molecule has 126 valence electrons. The Balaban J connectivity index is 2.09. The molecule has 0 saturated carbocycles. The molecule has 6 nitrogen and oxygen atoms in total. The molecule has 2 rings (SSSR count). The van der Waals surface area contributed by atoms with Gasteiger partial charge in [0.25, 0.3) is 0 Å². The van der Waals surface area contributed by atoms with Gasteiger partial charge in [0.1, 0.15) is 24.4 Å². The second kappa shape index (κ2) is 7.94. The Morgan fingerprint density at radius 3 is 1.17 bits per heavy atom. The number of carbonyl (C=O) groups excluding carboxylic acids is 2. The van der Waals surface area contributed by atoms with Gasteiger partial charge in [-0.25, -0.2) is 0 Å². The Hall–Kier alpha value is -2.38. The Morgan fingerprint density at radius 1 is 0.583 bits per heavy atom. The lowest BCUT2D eigenvalue weighted by Gasteiger charge is -2.25. The molecule has 4 atom stereocenters. The first kappa shape index (κ1) is 18.0. The lowest BCUT2D eigenvalue weighted by atomic mass is 9.93. The molecule has 2 aromatic carbocycles. The third kappa shape index (κ3) is 3.93. The van der Waals surface area contributed by atoms with Crippen LogP contribution in [0.4, 0.5) is 0 Å². The summed E-state index contributed by atoms with van der Waals surface area (Å²) in [7, 11) is 0. The summed E-state index contributed by atoms with van der Waals surface area (Å²) in [4.78, 5) is 24.1. The molecular weight excluding hydrogens is 312 g/mol. The van der Waals surface area contributed by atoms with E-state index < -0.39 is 36.0 Å². The maximum Gasteiger partial charge on any atom is 0.194 e. The van der Waals surface area contributed by atoms with Gasteiger partial charge in [-0.2, -0.15) is 0 Å². The fourth-order valence-corrected chi connectivity index (χ4v) is 2.23. The number of carbonyl (C=O) groups is 2. The summed E-state index contributed by atoms with van der Waals surface area (Å²) in [6, 6.07) is 15.4. The van der Waals surface area contributed by atoms with Crippen LogP contribution in [0, 0.1) is 0 Å². The van der Waals surface area contributed by atoms with E-state index in [-0.39, 0.29) is 11.1 Å². The number of rotatable bonds is 7. The molecule has 4 N–H and O–H groups in total. The highest BCUT2D eigenvalue weighted by Gasteiger charge is 2.37. The predicted octanol–water partition coefficient (Wildman–Crippen LogP) is 0.196. The Morgan fingerprint density at radius 2 is 0.875 bits per heavy atom. The third-order valence-corrected chi connectivity index (χ3v) is 3.65. The largest absolute Gasteiger partial charge is 0.387 e. The normalized spacial score (nSPS) is 16.0. The SMILES string of the molecule is O=C(c1ccccc1)C(O)[C@@H](O)[C@H](O)C(O)C(=O)c1ccccc1. The van der Waals surface area contributed by atoms with Crippen LogP contribution >= 0.6 is 0 Å². The number of Topliss-reactive ketones (excluding diaryl/α,β-unsaturated/α-hetero) is 2. The number of benzene rings is 2. The molecule has 0 spiro atoms. The summed E-state index contributed by atoms with van der Waals surface area (Å²) in [5.74, 6) is -1.64. The van der Waals surface area contributed by atoms with E-state index in [9.17, 15) is 30.0 Å². The minimum Gasteiger partial charge on any atom is -0.387 e. The minimum atomic E-state index is -2.01. The molecule has 24 heavy (non-hydrogen) atoms. The molecule has 0 aromatic heterocycles. The Kier molecular flexibility index (Phi) is 5.94. The zero-order valence-electron chi connectivity index (χ0n) is 12.7. The zero-order valence-corrected chi connectivity index (χ0v) is 12.7. The van der Waals surface area contributed by atoms with Gasteiger partial charge in [0.15, 0.2) is 11.6 Å². The molecule has 0 radical (unpaired) electrons. The molecule has 0 amide bonds.